The predicted octanol–water partition coefficient (Wildman–Crippen LogP) is 3.80. The molecule has 0 saturated carbocycles. The van der Waals surface area contributed by atoms with E-state index in [4.69, 9.17) is 4.74 Å². The fourth-order valence-corrected chi connectivity index (χ4v) is 3.65. The summed E-state index contributed by atoms with van der Waals surface area (Å²) in [6.07, 6.45) is 1.92. The number of carbonyl (C=O) groups excluding carboxylic acids is 1. The Labute approximate surface area is 161 Å². The van der Waals surface area contributed by atoms with Crippen LogP contribution in [0.3, 0.4) is 0 Å². The second-order valence-electron chi connectivity index (χ2n) is 6.45. The fourth-order valence-electron chi connectivity index (χ4n) is 2.40. The van der Waals surface area contributed by atoms with Crippen LogP contribution in [0.15, 0.2) is 53.4 Å². The first-order valence-corrected chi connectivity index (χ1v) is 10.5. The van der Waals surface area contributed by atoms with Gasteiger partial charge in [0.1, 0.15) is 5.75 Å². The summed E-state index contributed by atoms with van der Waals surface area (Å²) in [6, 6.07) is 12.9. The lowest BCUT2D eigenvalue weighted by Crippen LogP contribution is -2.30. The minimum Gasteiger partial charge on any atom is -0.493 e. The molecule has 146 valence electrons. The van der Waals surface area contributed by atoms with Crippen molar-refractivity contribution in [3.63, 3.8) is 0 Å². The van der Waals surface area contributed by atoms with Crippen molar-refractivity contribution in [1.29, 1.82) is 0 Å². The molecule has 2 rings (SSSR count). The van der Waals surface area contributed by atoms with Crippen molar-refractivity contribution in [2.45, 2.75) is 44.6 Å². The van der Waals surface area contributed by atoms with Crippen LogP contribution in [0.25, 0.3) is 0 Å². The van der Waals surface area contributed by atoms with Crippen LogP contribution in [0.2, 0.25) is 0 Å². The van der Waals surface area contributed by atoms with E-state index >= 15 is 0 Å². The molecule has 6 nitrogen and oxygen atoms in total. The summed E-state index contributed by atoms with van der Waals surface area (Å²) in [5, 5.41) is 2.77. The molecule has 27 heavy (non-hydrogen) atoms. The summed E-state index contributed by atoms with van der Waals surface area (Å²) in [6.45, 7) is 6.14. The lowest BCUT2D eigenvalue weighted by Gasteiger charge is -2.12. The van der Waals surface area contributed by atoms with Gasteiger partial charge >= 0.3 is 0 Å². The second-order valence-corrected chi connectivity index (χ2v) is 8.17. The zero-order valence-corrected chi connectivity index (χ0v) is 16.7. The highest BCUT2D eigenvalue weighted by atomic mass is 32.2. The van der Waals surface area contributed by atoms with Crippen LogP contribution >= 0.6 is 0 Å². The summed E-state index contributed by atoms with van der Waals surface area (Å²) in [4.78, 5) is 12.7. The maximum atomic E-state index is 12.6. The molecular weight excluding hydrogens is 364 g/mol. The monoisotopic (exact) mass is 390 g/mol. The second kappa shape index (κ2) is 9.53. The molecule has 0 aliphatic carbocycles. The molecule has 0 fully saturated rings. The topological polar surface area (TPSA) is 84.5 Å². The third-order valence-electron chi connectivity index (χ3n) is 3.70. The molecule has 2 N–H and O–H groups in total. The average Bonchev–Trinajstić information content (AvgIpc) is 2.62. The lowest BCUT2D eigenvalue weighted by molar-refractivity contribution is 0.102. The number of benzene rings is 2. The molecule has 7 heteroatoms. The van der Waals surface area contributed by atoms with Gasteiger partial charge in [-0.05, 0) is 56.7 Å². The van der Waals surface area contributed by atoms with Gasteiger partial charge in [-0.1, -0.05) is 25.5 Å². The Morgan fingerprint density at radius 2 is 1.74 bits per heavy atom. The number of nitrogens with one attached hydrogen (secondary N) is 2. The van der Waals surface area contributed by atoms with Crippen LogP contribution in [0.4, 0.5) is 5.69 Å². The zero-order chi connectivity index (χ0) is 19.9. The molecule has 0 bridgehead atoms. The highest BCUT2D eigenvalue weighted by molar-refractivity contribution is 7.89. The van der Waals surface area contributed by atoms with E-state index in [0.29, 0.717) is 23.6 Å². The third-order valence-corrected chi connectivity index (χ3v) is 5.37. The Kier molecular flexibility index (Phi) is 7.38. The van der Waals surface area contributed by atoms with Gasteiger partial charge in [-0.3, -0.25) is 4.79 Å². The Balaban J connectivity index is 2.11. The summed E-state index contributed by atoms with van der Waals surface area (Å²) < 4.78 is 32.5. The molecule has 0 spiro atoms. The number of ether oxygens (including phenoxy) is 1. The number of carbonyl (C=O) groups is 1. The molecule has 0 radical (unpaired) electrons. The van der Waals surface area contributed by atoms with E-state index in [2.05, 4.69) is 17.0 Å². The predicted molar refractivity (Wildman–Crippen MR) is 107 cm³/mol. The van der Waals surface area contributed by atoms with E-state index < -0.39 is 10.0 Å². The molecule has 0 aliphatic heterocycles. The van der Waals surface area contributed by atoms with Crippen molar-refractivity contribution in [2.75, 3.05) is 11.9 Å². The van der Waals surface area contributed by atoms with E-state index in [1.807, 2.05) is 6.07 Å². The van der Waals surface area contributed by atoms with E-state index in [0.717, 1.165) is 12.8 Å². The van der Waals surface area contributed by atoms with Gasteiger partial charge in [0, 0.05) is 11.7 Å². The van der Waals surface area contributed by atoms with Crippen molar-refractivity contribution in [2.24, 2.45) is 0 Å². The van der Waals surface area contributed by atoms with Gasteiger partial charge in [-0.15, -0.1) is 0 Å². The van der Waals surface area contributed by atoms with Crippen molar-refractivity contribution in [3.8, 4) is 5.75 Å². The Bertz CT molecular complexity index is 862. The summed E-state index contributed by atoms with van der Waals surface area (Å²) in [5.74, 6) is 0.224. The normalized spacial score (nSPS) is 11.4. The standard InChI is InChI=1S/C20H26N2O4S/c1-4-5-14-26-19-9-7-6-8-18(19)20(23)21-16-10-12-17(13-11-16)27(24,25)22-15(2)3/h6-13,15,22H,4-5,14H2,1-3H3,(H,21,23). The minimum atomic E-state index is -3.56. The van der Waals surface area contributed by atoms with Crippen LogP contribution < -0.4 is 14.8 Å². The Morgan fingerprint density at radius 1 is 1.07 bits per heavy atom. The first-order valence-electron chi connectivity index (χ1n) is 8.99. The molecule has 2 aromatic carbocycles. The molecule has 0 aliphatic rings. The van der Waals surface area contributed by atoms with Gasteiger partial charge in [-0.2, -0.15) is 0 Å². The highest BCUT2D eigenvalue weighted by Crippen LogP contribution is 2.21. The molecule has 0 atom stereocenters. The Hall–Kier alpha value is -2.38. The van der Waals surface area contributed by atoms with Crippen molar-refractivity contribution in [3.05, 3.63) is 54.1 Å². The fraction of sp³-hybridized carbons (Fsp3) is 0.350. The Morgan fingerprint density at radius 3 is 2.37 bits per heavy atom. The number of sulfonamides is 1. The highest BCUT2D eigenvalue weighted by Gasteiger charge is 2.16. The number of amides is 1. The zero-order valence-electron chi connectivity index (χ0n) is 15.9. The van der Waals surface area contributed by atoms with Gasteiger partial charge in [0.05, 0.1) is 17.1 Å². The van der Waals surface area contributed by atoms with Crippen LogP contribution in [0.5, 0.6) is 5.75 Å². The smallest absolute Gasteiger partial charge is 0.259 e. The third kappa shape index (κ3) is 6.08. The molecule has 0 heterocycles. The summed E-state index contributed by atoms with van der Waals surface area (Å²) in [5.41, 5.74) is 0.943. The van der Waals surface area contributed by atoms with Crippen LogP contribution in [0.1, 0.15) is 44.0 Å². The quantitative estimate of drug-likeness (QED) is 0.638. The van der Waals surface area contributed by atoms with Gasteiger partial charge in [-0.25, -0.2) is 13.1 Å². The lowest BCUT2D eigenvalue weighted by atomic mass is 10.2. The number of hydrogen-bond donors (Lipinski definition) is 2. The van der Waals surface area contributed by atoms with Crippen molar-refractivity contribution < 1.29 is 17.9 Å². The molecule has 0 saturated heterocycles. The number of rotatable bonds is 9. The van der Waals surface area contributed by atoms with E-state index in [9.17, 15) is 13.2 Å². The first kappa shape index (κ1) is 20.9. The summed E-state index contributed by atoms with van der Waals surface area (Å²) >= 11 is 0. The SMILES string of the molecule is CCCCOc1ccccc1C(=O)Nc1ccc(S(=O)(=O)NC(C)C)cc1. The van der Waals surface area contributed by atoms with Gasteiger partial charge < -0.3 is 10.1 Å². The molecule has 0 unspecified atom stereocenters. The van der Waals surface area contributed by atoms with Crippen LogP contribution in [-0.4, -0.2) is 27.0 Å². The first-order chi connectivity index (χ1) is 12.8. The van der Waals surface area contributed by atoms with Crippen LogP contribution in [0, 0.1) is 0 Å². The molecule has 1 amide bonds. The minimum absolute atomic E-state index is 0.150. The number of para-hydroxylation sites is 1. The number of unbranched alkanes of at least 4 members (excludes halogenated alkanes) is 1. The maximum absolute atomic E-state index is 12.6. The largest absolute Gasteiger partial charge is 0.493 e. The van der Waals surface area contributed by atoms with E-state index in [-0.39, 0.29) is 16.8 Å². The van der Waals surface area contributed by atoms with Gasteiger partial charge in [0.25, 0.3) is 5.91 Å². The van der Waals surface area contributed by atoms with Crippen molar-refractivity contribution >= 4 is 21.6 Å². The maximum Gasteiger partial charge on any atom is 0.259 e. The molecule has 2 aromatic rings. The molecular formula is C20H26N2O4S. The molecule has 0 aromatic heterocycles. The van der Waals surface area contributed by atoms with Crippen molar-refractivity contribution in [1.82, 2.24) is 4.72 Å². The van der Waals surface area contributed by atoms with Gasteiger partial charge in [0.15, 0.2) is 0 Å². The van der Waals surface area contributed by atoms with E-state index in [1.165, 1.54) is 12.1 Å². The van der Waals surface area contributed by atoms with E-state index in [1.54, 1.807) is 44.2 Å². The average molecular weight is 391 g/mol. The van der Waals surface area contributed by atoms with Gasteiger partial charge in [0.2, 0.25) is 10.0 Å². The summed E-state index contributed by atoms with van der Waals surface area (Å²) in [7, 11) is -3.56. The number of hydrogen-bond acceptors (Lipinski definition) is 4. The van der Waals surface area contributed by atoms with Crippen LogP contribution in [-0.2, 0) is 10.0 Å². The number of anilines is 1.